The number of aromatic nitrogens is 2. The van der Waals surface area contributed by atoms with Crippen LogP contribution in [0.3, 0.4) is 0 Å². The van der Waals surface area contributed by atoms with Crippen LogP contribution < -0.4 is 10.2 Å². The van der Waals surface area contributed by atoms with Crippen LogP contribution in [0, 0.1) is 11.3 Å². The second-order valence-corrected chi connectivity index (χ2v) is 6.58. The van der Waals surface area contributed by atoms with Crippen LogP contribution in [-0.2, 0) is 5.41 Å². The van der Waals surface area contributed by atoms with E-state index in [1.165, 1.54) is 18.3 Å². The standard InChI is InChI=1S/C19H17F2N5/c20-18(21)13-3-6-23-15(9-13)24-16-10-14(19(12-22)4-1-5-19)11-17(25-16)26-7-2-8-26/h2-3,6-7,9-11,18H,1,4-5,8H2,(H,23,24,25). The zero-order valence-corrected chi connectivity index (χ0v) is 14.0. The lowest BCUT2D eigenvalue weighted by Crippen LogP contribution is -2.33. The summed E-state index contributed by atoms with van der Waals surface area (Å²) in [5.74, 6) is 1.54. The van der Waals surface area contributed by atoms with Crippen molar-refractivity contribution in [3.63, 3.8) is 0 Å². The summed E-state index contributed by atoms with van der Waals surface area (Å²) in [4.78, 5) is 10.6. The number of anilines is 3. The molecule has 1 fully saturated rings. The molecule has 26 heavy (non-hydrogen) atoms. The first kappa shape index (κ1) is 16.5. The molecule has 1 aliphatic heterocycles. The average molecular weight is 353 g/mol. The van der Waals surface area contributed by atoms with E-state index in [1.54, 1.807) is 0 Å². The molecule has 0 amide bonds. The number of rotatable bonds is 5. The third-order valence-electron chi connectivity index (χ3n) is 4.96. The van der Waals surface area contributed by atoms with E-state index in [0.29, 0.717) is 11.6 Å². The maximum Gasteiger partial charge on any atom is 0.264 e. The van der Waals surface area contributed by atoms with Crippen LogP contribution >= 0.6 is 0 Å². The van der Waals surface area contributed by atoms with Crippen LogP contribution in [0.4, 0.5) is 26.2 Å². The predicted octanol–water partition coefficient (Wildman–Crippen LogP) is 4.44. The molecule has 1 N–H and O–H groups in total. The molecule has 7 heteroatoms. The molecule has 2 aliphatic rings. The van der Waals surface area contributed by atoms with Crippen LogP contribution in [0.2, 0.25) is 0 Å². The fourth-order valence-corrected chi connectivity index (χ4v) is 3.16. The van der Waals surface area contributed by atoms with Gasteiger partial charge in [0.1, 0.15) is 17.5 Å². The Balaban J connectivity index is 1.70. The van der Waals surface area contributed by atoms with Gasteiger partial charge in [-0.2, -0.15) is 5.26 Å². The van der Waals surface area contributed by atoms with Gasteiger partial charge >= 0.3 is 0 Å². The zero-order valence-electron chi connectivity index (χ0n) is 14.0. The Morgan fingerprint density at radius 3 is 2.62 bits per heavy atom. The molecular formula is C19H17F2N5. The molecule has 2 aromatic heterocycles. The Bertz CT molecular complexity index is 899. The van der Waals surface area contributed by atoms with Gasteiger partial charge in [0.25, 0.3) is 6.43 Å². The normalized spacial score (nSPS) is 17.4. The Morgan fingerprint density at radius 2 is 2.04 bits per heavy atom. The minimum atomic E-state index is -2.56. The van der Waals surface area contributed by atoms with E-state index in [2.05, 4.69) is 21.4 Å². The number of halogens is 2. The van der Waals surface area contributed by atoms with Gasteiger partial charge in [-0.3, -0.25) is 0 Å². The first-order valence-corrected chi connectivity index (χ1v) is 8.48. The van der Waals surface area contributed by atoms with E-state index >= 15 is 0 Å². The van der Waals surface area contributed by atoms with Crippen molar-refractivity contribution in [3.05, 3.63) is 53.9 Å². The summed E-state index contributed by atoms with van der Waals surface area (Å²) in [6.07, 6.45) is 5.38. The summed E-state index contributed by atoms with van der Waals surface area (Å²) < 4.78 is 25.8. The number of alkyl halides is 2. The molecule has 3 heterocycles. The molecule has 132 valence electrons. The lowest BCUT2D eigenvalue weighted by atomic mass is 9.65. The molecule has 0 spiro atoms. The van der Waals surface area contributed by atoms with Crippen LogP contribution in [0.1, 0.15) is 36.8 Å². The smallest absolute Gasteiger partial charge is 0.264 e. The molecule has 0 atom stereocenters. The van der Waals surface area contributed by atoms with Crippen molar-refractivity contribution >= 4 is 17.5 Å². The van der Waals surface area contributed by atoms with Crippen LogP contribution in [0.15, 0.2) is 42.7 Å². The van der Waals surface area contributed by atoms with E-state index in [0.717, 1.165) is 37.2 Å². The van der Waals surface area contributed by atoms with E-state index in [1.807, 2.05) is 29.3 Å². The number of hydrogen-bond donors (Lipinski definition) is 1. The highest BCUT2D eigenvalue weighted by atomic mass is 19.3. The lowest BCUT2D eigenvalue weighted by Gasteiger charge is -2.36. The minimum Gasteiger partial charge on any atom is -0.329 e. The monoisotopic (exact) mass is 353 g/mol. The summed E-state index contributed by atoms with van der Waals surface area (Å²) in [5.41, 5.74) is 0.321. The molecular weight excluding hydrogens is 336 g/mol. The molecule has 0 unspecified atom stereocenters. The largest absolute Gasteiger partial charge is 0.329 e. The molecule has 0 bridgehead atoms. The van der Waals surface area contributed by atoms with Gasteiger partial charge in [-0.05, 0) is 55.2 Å². The summed E-state index contributed by atoms with van der Waals surface area (Å²) in [6, 6.07) is 8.81. The van der Waals surface area contributed by atoms with E-state index in [9.17, 15) is 14.0 Å². The summed E-state index contributed by atoms with van der Waals surface area (Å²) in [5, 5.41) is 12.7. The highest BCUT2D eigenvalue weighted by Gasteiger charge is 2.39. The Hall–Kier alpha value is -3.01. The molecule has 1 saturated carbocycles. The fourth-order valence-electron chi connectivity index (χ4n) is 3.16. The van der Waals surface area contributed by atoms with E-state index < -0.39 is 11.8 Å². The number of pyridine rings is 2. The quantitative estimate of drug-likeness (QED) is 0.861. The lowest BCUT2D eigenvalue weighted by molar-refractivity contribution is 0.151. The molecule has 2 aromatic rings. The van der Waals surface area contributed by atoms with Gasteiger partial charge < -0.3 is 10.2 Å². The predicted molar refractivity (Wildman–Crippen MR) is 94.3 cm³/mol. The van der Waals surface area contributed by atoms with Crippen LogP contribution in [-0.4, -0.2) is 16.5 Å². The molecule has 0 radical (unpaired) electrons. The Labute approximate surface area is 150 Å². The van der Waals surface area contributed by atoms with Crippen molar-refractivity contribution < 1.29 is 8.78 Å². The first-order chi connectivity index (χ1) is 12.6. The molecule has 5 nitrogen and oxygen atoms in total. The number of nitrogens with one attached hydrogen (secondary N) is 1. The van der Waals surface area contributed by atoms with Crippen LogP contribution in [0.5, 0.6) is 0 Å². The highest BCUT2D eigenvalue weighted by Crippen LogP contribution is 2.44. The molecule has 0 saturated heterocycles. The summed E-state index contributed by atoms with van der Waals surface area (Å²) >= 11 is 0. The second-order valence-electron chi connectivity index (χ2n) is 6.58. The van der Waals surface area contributed by atoms with Crippen molar-refractivity contribution in [3.8, 4) is 6.07 Å². The summed E-state index contributed by atoms with van der Waals surface area (Å²) in [6.45, 7) is 0.758. The van der Waals surface area contributed by atoms with Crippen LogP contribution in [0.25, 0.3) is 0 Å². The van der Waals surface area contributed by atoms with Crippen molar-refractivity contribution in [1.82, 2.24) is 9.97 Å². The van der Waals surface area contributed by atoms with E-state index in [-0.39, 0.29) is 5.56 Å². The van der Waals surface area contributed by atoms with Crippen molar-refractivity contribution in [2.24, 2.45) is 0 Å². The summed E-state index contributed by atoms with van der Waals surface area (Å²) in [7, 11) is 0. The Morgan fingerprint density at radius 1 is 1.23 bits per heavy atom. The molecule has 4 rings (SSSR count). The van der Waals surface area contributed by atoms with Gasteiger partial charge in [-0.15, -0.1) is 0 Å². The number of nitrogens with zero attached hydrogens (tertiary/aromatic N) is 4. The maximum atomic E-state index is 12.9. The highest BCUT2D eigenvalue weighted by molar-refractivity contribution is 5.61. The van der Waals surface area contributed by atoms with Crippen molar-refractivity contribution in [1.29, 1.82) is 5.26 Å². The number of nitriles is 1. The minimum absolute atomic E-state index is 0.1000. The van der Waals surface area contributed by atoms with Gasteiger partial charge in [-0.25, -0.2) is 18.7 Å². The van der Waals surface area contributed by atoms with E-state index in [4.69, 9.17) is 0 Å². The van der Waals surface area contributed by atoms with Crippen molar-refractivity contribution in [2.75, 3.05) is 16.8 Å². The van der Waals surface area contributed by atoms with Gasteiger partial charge in [0.05, 0.1) is 11.5 Å². The van der Waals surface area contributed by atoms with Gasteiger partial charge in [0.15, 0.2) is 0 Å². The average Bonchev–Trinajstić information content (AvgIpc) is 2.53. The zero-order chi connectivity index (χ0) is 18.1. The third kappa shape index (κ3) is 2.88. The second kappa shape index (κ2) is 6.37. The third-order valence-corrected chi connectivity index (χ3v) is 4.96. The molecule has 0 aromatic carbocycles. The van der Waals surface area contributed by atoms with Gasteiger partial charge in [0, 0.05) is 24.5 Å². The van der Waals surface area contributed by atoms with Gasteiger partial charge in [-0.1, -0.05) is 0 Å². The van der Waals surface area contributed by atoms with Gasteiger partial charge in [0.2, 0.25) is 0 Å². The van der Waals surface area contributed by atoms with Crippen molar-refractivity contribution in [2.45, 2.75) is 31.1 Å². The fraction of sp³-hybridized carbons (Fsp3) is 0.316. The molecule has 1 aliphatic carbocycles. The maximum absolute atomic E-state index is 12.9. The first-order valence-electron chi connectivity index (χ1n) is 8.48. The topological polar surface area (TPSA) is 64.8 Å². The Kier molecular flexibility index (Phi) is 4.03. The SMILES string of the molecule is N#CC1(c2cc(Nc3cc(C(F)F)ccn3)nc(N3C=CC3)c2)CCC1. The number of hydrogen-bond acceptors (Lipinski definition) is 5.